The van der Waals surface area contributed by atoms with Crippen molar-refractivity contribution in [3.63, 3.8) is 0 Å². The molecule has 0 aromatic heterocycles. The number of carboxylic acid groups (broad SMARTS) is 1. The maximum atomic E-state index is 10.9. The molecule has 0 bridgehead atoms. The number of benzene rings is 1. The number of nitriles is 1. The Morgan fingerprint density at radius 1 is 1.53 bits per heavy atom. The fourth-order valence-electron chi connectivity index (χ4n) is 2.82. The minimum Gasteiger partial charge on any atom is -0.481 e. The maximum absolute atomic E-state index is 10.9. The van der Waals surface area contributed by atoms with Gasteiger partial charge in [-0.25, -0.2) is 0 Å². The molecule has 3 nitrogen and oxygen atoms in total. The minimum atomic E-state index is -0.681. The second kappa shape index (κ2) is 2.60. The van der Waals surface area contributed by atoms with Crippen LogP contribution in [-0.2, 0) is 11.2 Å². The minimum absolute atomic E-state index is 0.176. The zero-order valence-electron chi connectivity index (χ0n) is 7.97. The molecule has 0 aliphatic heterocycles. The molecule has 1 saturated carbocycles. The Labute approximate surface area is 87.0 Å². The van der Waals surface area contributed by atoms with Crippen LogP contribution in [-0.4, -0.2) is 11.1 Å². The lowest BCUT2D eigenvalue weighted by molar-refractivity contribution is -0.139. The average Bonchev–Trinajstić information content (AvgIpc) is 2.82. The maximum Gasteiger partial charge on any atom is 0.307 e. The summed E-state index contributed by atoms with van der Waals surface area (Å²) in [5.41, 5.74) is 2.98. The first-order valence-corrected chi connectivity index (χ1v) is 4.98. The summed E-state index contributed by atoms with van der Waals surface area (Å²) >= 11 is 0. The summed E-state index contributed by atoms with van der Waals surface area (Å²) < 4.78 is 0. The summed E-state index contributed by atoms with van der Waals surface area (Å²) in [6.07, 6.45) is 0.826. The summed E-state index contributed by atoms with van der Waals surface area (Å²) in [6.45, 7) is 0. The van der Waals surface area contributed by atoms with Gasteiger partial charge < -0.3 is 5.11 Å². The number of fused-ring (bicyclic) bond motifs is 3. The van der Waals surface area contributed by atoms with E-state index in [1.807, 2.05) is 12.1 Å². The lowest BCUT2D eigenvalue weighted by atomic mass is 10.00. The van der Waals surface area contributed by atoms with Gasteiger partial charge in [-0.1, -0.05) is 6.07 Å². The normalized spacial score (nSPS) is 30.2. The SMILES string of the molecule is N#Cc1ccc2c(c1)CC1C2[C@@H]1C(=O)O. The third-order valence-electron chi connectivity index (χ3n) is 3.54. The number of rotatable bonds is 1. The van der Waals surface area contributed by atoms with Gasteiger partial charge in [-0.3, -0.25) is 4.79 Å². The third kappa shape index (κ3) is 1.02. The molecule has 0 spiro atoms. The second-order valence-electron chi connectivity index (χ2n) is 4.28. The van der Waals surface area contributed by atoms with Crippen molar-refractivity contribution in [3.8, 4) is 6.07 Å². The first kappa shape index (κ1) is 8.49. The number of hydrogen-bond donors (Lipinski definition) is 1. The van der Waals surface area contributed by atoms with Crippen molar-refractivity contribution in [2.75, 3.05) is 0 Å². The molecule has 0 saturated heterocycles. The summed E-state index contributed by atoms with van der Waals surface area (Å²) in [5.74, 6) is -0.359. The van der Waals surface area contributed by atoms with Gasteiger partial charge in [-0.2, -0.15) is 5.26 Å². The van der Waals surface area contributed by atoms with E-state index >= 15 is 0 Å². The van der Waals surface area contributed by atoms with E-state index in [4.69, 9.17) is 10.4 Å². The van der Waals surface area contributed by atoms with Gasteiger partial charge in [0.05, 0.1) is 17.6 Å². The summed E-state index contributed by atoms with van der Waals surface area (Å²) in [5, 5.41) is 17.7. The lowest BCUT2D eigenvalue weighted by Crippen LogP contribution is -2.05. The molecular formula is C12H9NO2. The molecular weight excluding hydrogens is 190 g/mol. The molecule has 2 aliphatic carbocycles. The van der Waals surface area contributed by atoms with Crippen LogP contribution in [0, 0.1) is 23.2 Å². The number of carbonyl (C=O) groups is 1. The molecule has 2 aliphatic rings. The summed E-state index contributed by atoms with van der Waals surface area (Å²) in [7, 11) is 0. The van der Waals surface area contributed by atoms with Crippen LogP contribution in [0.2, 0.25) is 0 Å². The van der Waals surface area contributed by atoms with Crippen molar-refractivity contribution in [1.29, 1.82) is 5.26 Å². The first-order valence-electron chi connectivity index (χ1n) is 4.98. The Hall–Kier alpha value is -1.82. The van der Waals surface area contributed by atoms with Crippen molar-refractivity contribution in [2.45, 2.75) is 12.3 Å². The average molecular weight is 199 g/mol. The highest BCUT2D eigenvalue weighted by Crippen LogP contribution is 2.61. The molecule has 0 heterocycles. The van der Waals surface area contributed by atoms with E-state index in [9.17, 15) is 4.79 Å². The molecule has 3 atom stereocenters. The van der Waals surface area contributed by atoms with Crippen molar-refractivity contribution in [3.05, 3.63) is 34.9 Å². The molecule has 0 radical (unpaired) electrons. The van der Waals surface area contributed by atoms with E-state index in [2.05, 4.69) is 6.07 Å². The summed E-state index contributed by atoms with van der Waals surface area (Å²) in [4.78, 5) is 10.9. The van der Waals surface area contributed by atoms with Gasteiger partial charge >= 0.3 is 5.97 Å². The van der Waals surface area contributed by atoms with Crippen LogP contribution in [0.5, 0.6) is 0 Å². The first-order chi connectivity index (χ1) is 7.22. The number of nitrogens with zero attached hydrogens (tertiary/aromatic N) is 1. The van der Waals surface area contributed by atoms with Crippen LogP contribution >= 0.6 is 0 Å². The quantitative estimate of drug-likeness (QED) is 0.746. The number of aliphatic carboxylic acids is 1. The van der Waals surface area contributed by atoms with Crippen molar-refractivity contribution in [1.82, 2.24) is 0 Å². The molecule has 1 fully saturated rings. The Balaban J connectivity index is 1.98. The van der Waals surface area contributed by atoms with E-state index in [1.54, 1.807) is 6.07 Å². The van der Waals surface area contributed by atoms with Crippen LogP contribution in [0.1, 0.15) is 22.6 Å². The third-order valence-corrected chi connectivity index (χ3v) is 3.54. The van der Waals surface area contributed by atoms with Crippen LogP contribution in [0.15, 0.2) is 18.2 Å². The molecule has 3 rings (SSSR count). The highest BCUT2D eigenvalue weighted by molar-refractivity contribution is 5.77. The topological polar surface area (TPSA) is 61.1 Å². The van der Waals surface area contributed by atoms with Gasteiger partial charge in [0.25, 0.3) is 0 Å². The fourth-order valence-corrected chi connectivity index (χ4v) is 2.82. The number of carboxylic acids is 1. The van der Waals surface area contributed by atoms with Crippen LogP contribution in [0.3, 0.4) is 0 Å². The lowest BCUT2D eigenvalue weighted by Gasteiger charge is -2.04. The zero-order valence-corrected chi connectivity index (χ0v) is 7.97. The van der Waals surface area contributed by atoms with E-state index < -0.39 is 5.97 Å². The van der Waals surface area contributed by atoms with E-state index in [0.717, 1.165) is 12.0 Å². The predicted molar refractivity (Wildman–Crippen MR) is 52.2 cm³/mol. The van der Waals surface area contributed by atoms with Crippen LogP contribution in [0.4, 0.5) is 0 Å². The second-order valence-corrected chi connectivity index (χ2v) is 4.28. The predicted octanol–water partition coefficient (Wildman–Crippen LogP) is 1.53. The van der Waals surface area contributed by atoms with Crippen molar-refractivity contribution in [2.24, 2.45) is 11.8 Å². The molecule has 0 amide bonds. The van der Waals surface area contributed by atoms with Crippen LogP contribution < -0.4 is 0 Å². The largest absolute Gasteiger partial charge is 0.481 e. The highest BCUT2D eigenvalue weighted by atomic mass is 16.4. The standard InChI is InChI=1S/C12H9NO2/c13-5-6-1-2-8-7(3-6)4-9-10(8)11(9)12(14)15/h1-3,9-11H,4H2,(H,14,15)/t9?,10?,11-/m1/s1. The molecule has 1 aromatic carbocycles. The van der Waals surface area contributed by atoms with Crippen LogP contribution in [0.25, 0.3) is 0 Å². The van der Waals surface area contributed by atoms with Gasteiger partial charge in [0.15, 0.2) is 0 Å². The van der Waals surface area contributed by atoms with Gasteiger partial charge in [-0.15, -0.1) is 0 Å². The fraction of sp³-hybridized carbons (Fsp3) is 0.333. The van der Waals surface area contributed by atoms with E-state index in [1.165, 1.54) is 5.56 Å². The summed E-state index contributed by atoms with van der Waals surface area (Å²) in [6, 6.07) is 7.69. The highest BCUT2D eigenvalue weighted by Gasteiger charge is 2.59. The Morgan fingerprint density at radius 2 is 2.33 bits per heavy atom. The number of hydrogen-bond acceptors (Lipinski definition) is 2. The van der Waals surface area contributed by atoms with Crippen molar-refractivity contribution < 1.29 is 9.90 Å². The Kier molecular flexibility index (Phi) is 1.47. The molecule has 74 valence electrons. The van der Waals surface area contributed by atoms with E-state index in [-0.39, 0.29) is 17.8 Å². The van der Waals surface area contributed by atoms with Gasteiger partial charge in [0, 0.05) is 5.92 Å². The van der Waals surface area contributed by atoms with Gasteiger partial charge in [0.2, 0.25) is 0 Å². The van der Waals surface area contributed by atoms with E-state index in [0.29, 0.717) is 5.56 Å². The monoisotopic (exact) mass is 199 g/mol. The molecule has 1 aromatic rings. The smallest absolute Gasteiger partial charge is 0.307 e. The zero-order chi connectivity index (χ0) is 10.6. The molecule has 1 N–H and O–H groups in total. The van der Waals surface area contributed by atoms with Crippen molar-refractivity contribution >= 4 is 5.97 Å². The van der Waals surface area contributed by atoms with Gasteiger partial charge in [0.1, 0.15) is 0 Å². The van der Waals surface area contributed by atoms with Gasteiger partial charge in [-0.05, 0) is 35.6 Å². The molecule has 2 unspecified atom stereocenters. The Morgan fingerprint density at radius 3 is 3.00 bits per heavy atom. The molecule has 3 heteroatoms. The molecule has 15 heavy (non-hydrogen) atoms. The Bertz CT molecular complexity index is 501.